The molecule has 1 amide bonds. The molecule has 0 aliphatic rings. The molecule has 0 saturated carbocycles. The van der Waals surface area contributed by atoms with Crippen molar-refractivity contribution < 1.29 is 18.0 Å². The number of nitrogens with zero attached hydrogens (tertiary/aromatic N) is 4. The number of hydrogen-bond donors (Lipinski definition) is 1. The fourth-order valence-electron chi connectivity index (χ4n) is 3.33. The van der Waals surface area contributed by atoms with Crippen LogP contribution in [0.4, 0.5) is 18.9 Å². The average Bonchev–Trinajstić information content (AvgIpc) is 3.07. The van der Waals surface area contributed by atoms with E-state index in [9.17, 15) is 18.0 Å². The zero-order valence-corrected chi connectivity index (χ0v) is 16.7. The monoisotopic (exact) mass is 405 g/mol. The van der Waals surface area contributed by atoms with Crippen LogP contribution < -0.4 is 5.32 Å². The third kappa shape index (κ3) is 4.23. The Morgan fingerprint density at radius 3 is 2.55 bits per heavy atom. The van der Waals surface area contributed by atoms with Crippen molar-refractivity contribution >= 4 is 17.4 Å². The van der Waals surface area contributed by atoms with E-state index < -0.39 is 12.0 Å². The summed E-state index contributed by atoms with van der Waals surface area (Å²) in [5.41, 5.74) is 4.56. The van der Waals surface area contributed by atoms with Gasteiger partial charge in [0.25, 0.3) is 11.6 Å². The molecule has 0 aliphatic heterocycles. The highest BCUT2D eigenvalue weighted by atomic mass is 19.4. The predicted octanol–water partition coefficient (Wildman–Crippen LogP) is 4.20. The van der Waals surface area contributed by atoms with Crippen molar-refractivity contribution in [3.05, 3.63) is 52.1 Å². The Labute approximate surface area is 166 Å². The molecular formula is C20H22F3N5O. The van der Waals surface area contributed by atoms with Gasteiger partial charge in [-0.05, 0) is 50.3 Å². The molecule has 0 saturated heterocycles. The van der Waals surface area contributed by atoms with Gasteiger partial charge in [0.05, 0.1) is 0 Å². The van der Waals surface area contributed by atoms with Crippen molar-refractivity contribution in [1.29, 1.82) is 0 Å². The molecule has 0 fully saturated rings. The maximum absolute atomic E-state index is 12.9. The molecule has 0 bridgehead atoms. The Hall–Kier alpha value is -2.97. The van der Waals surface area contributed by atoms with Crippen LogP contribution in [0.5, 0.6) is 0 Å². The molecule has 3 aromatic rings. The van der Waals surface area contributed by atoms with Crippen LogP contribution in [0, 0.1) is 20.8 Å². The van der Waals surface area contributed by atoms with Crippen LogP contribution in [0.15, 0.2) is 18.2 Å². The van der Waals surface area contributed by atoms with E-state index in [-0.39, 0.29) is 18.1 Å². The molecule has 0 unspecified atom stereocenters. The summed E-state index contributed by atoms with van der Waals surface area (Å²) in [6.45, 7) is 7.30. The van der Waals surface area contributed by atoms with Crippen LogP contribution >= 0.6 is 0 Å². The number of fused-ring (bicyclic) bond motifs is 1. The highest BCUT2D eigenvalue weighted by Gasteiger charge is 2.36. The van der Waals surface area contributed by atoms with Crippen molar-refractivity contribution in [3.63, 3.8) is 0 Å². The average molecular weight is 405 g/mol. The standard InChI is InChI=1S/C20H22F3N5O/c1-5-14-8-6-7-11(2)17(14)25-16(29)10-9-15-12(3)24-19-26-18(20(21,22)23)27-28(19)13(15)4/h6-8H,5,9-10H2,1-4H3,(H,25,29). The lowest BCUT2D eigenvalue weighted by Gasteiger charge is -2.14. The summed E-state index contributed by atoms with van der Waals surface area (Å²) < 4.78 is 39.8. The zero-order chi connectivity index (χ0) is 21.3. The molecule has 154 valence electrons. The van der Waals surface area contributed by atoms with E-state index >= 15 is 0 Å². The molecular weight excluding hydrogens is 383 g/mol. The van der Waals surface area contributed by atoms with Crippen LogP contribution in [-0.2, 0) is 23.8 Å². The van der Waals surface area contributed by atoms with Crippen molar-refractivity contribution in [2.75, 3.05) is 5.32 Å². The summed E-state index contributed by atoms with van der Waals surface area (Å²) in [5.74, 6) is -1.50. The normalized spacial score (nSPS) is 11.8. The summed E-state index contributed by atoms with van der Waals surface area (Å²) in [4.78, 5) is 20.1. The molecule has 6 nitrogen and oxygen atoms in total. The summed E-state index contributed by atoms with van der Waals surface area (Å²) in [6.07, 6.45) is -3.34. The van der Waals surface area contributed by atoms with Gasteiger partial charge in [-0.15, -0.1) is 5.10 Å². The summed E-state index contributed by atoms with van der Waals surface area (Å²) in [5, 5.41) is 6.49. The van der Waals surface area contributed by atoms with E-state index in [1.165, 1.54) is 0 Å². The molecule has 2 aromatic heterocycles. The van der Waals surface area contributed by atoms with E-state index in [1.807, 2.05) is 32.0 Å². The fourth-order valence-corrected chi connectivity index (χ4v) is 3.33. The van der Waals surface area contributed by atoms with Gasteiger partial charge in [-0.1, -0.05) is 25.1 Å². The van der Waals surface area contributed by atoms with Gasteiger partial charge >= 0.3 is 6.18 Å². The Balaban J connectivity index is 1.81. The smallest absolute Gasteiger partial charge is 0.326 e. The first-order chi connectivity index (χ1) is 13.6. The maximum Gasteiger partial charge on any atom is 0.453 e. The molecule has 0 aliphatic carbocycles. The molecule has 2 heterocycles. The van der Waals surface area contributed by atoms with Gasteiger partial charge in [-0.3, -0.25) is 4.79 Å². The SMILES string of the molecule is CCc1cccc(C)c1NC(=O)CCc1c(C)nc2nc(C(F)(F)F)nn2c1C. The van der Waals surface area contributed by atoms with E-state index in [0.717, 1.165) is 27.8 Å². The summed E-state index contributed by atoms with van der Waals surface area (Å²) >= 11 is 0. The molecule has 29 heavy (non-hydrogen) atoms. The van der Waals surface area contributed by atoms with Crippen LogP contribution in [0.3, 0.4) is 0 Å². The lowest BCUT2D eigenvalue weighted by Crippen LogP contribution is -2.16. The van der Waals surface area contributed by atoms with Gasteiger partial charge in [0.15, 0.2) is 0 Å². The molecule has 0 atom stereocenters. The van der Waals surface area contributed by atoms with Gasteiger partial charge in [-0.25, -0.2) is 9.50 Å². The highest BCUT2D eigenvalue weighted by Crippen LogP contribution is 2.27. The second-order valence-electron chi connectivity index (χ2n) is 6.92. The first kappa shape index (κ1) is 20.8. The number of nitrogens with one attached hydrogen (secondary N) is 1. The highest BCUT2D eigenvalue weighted by molar-refractivity contribution is 5.92. The number of rotatable bonds is 5. The molecule has 1 aromatic carbocycles. The quantitative estimate of drug-likeness (QED) is 0.691. The minimum absolute atomic E-state index is 0.104. The number of carbonyl (C=O) groups excluding carboxylic acids is 1. The Kier molecular flexibility index (Phi) is 5.59. The number of anilines is 1. The number of alkyl halides is 3. The minimum atomic E-state index is -4.64. The van der Waals surface area contributed by atoms with Gasteiger partial charge in [0.1, 0.15) is 0 Å². The fraction of sp³-hybridized carbons (Fsp3) is 0.400. The van der Waals surface area contributed by atoms with Gasteiger partial charge in [0.2, 0.25) is 5.91 Å². The van der Waals surface area contributed by atoms with Gasteiger partial charge < -0.3 is 5.32 Å². The topological polar surface area (TPSA) is 72.2 Å². The largest absolute Gasteiger partial charge is 0.453 e. The van der Waals surface area contributed by atoms with E-state index in [0.29, 0.717) is 23.4 Å². The molecule has 3 rings (SSSR count). The van der Waals surface area contributed by atoms with Gasteiger partial charge in [-0.2, -0.15) is 18.2 Å². The number of halogens is 3. The zero-order valence-electron chi connectivity index (χ0n) is 16.7. The van der Waals surface area contributed by atoms with Crippen LogP contribution in [0.1, 0.15) is 47.2 Å². The lowest BCUT2D eigenvalue weighted by molar-refractivity contribution is -0.144. The van der Waals surface area contributed by atoms with Crippen molar-refractivity contribution in [2.24, 2.45) is 0 Å². The Morgan fingerprint density at radius 2 is 1.90 bits per heavy atom. The third-order valence-electron chi connectivity index (χ3n) is 4.91. The van der Waals surface area contributed by atoms with Crippen molar-refractivity contribution in [1.82, 2.24) is 19.6 Å². The minimum Gasteiger partial charge on any atom is -0.326 e. The molecule has 1 N–H and O–H groups in total. The van der Waals surface area contributed by atoms with Crippen LogP contribution in [0.2, 0.25) is 0 Å². The van der Waals surface area contributed by atoms with E-state index in [1.54, 1.807) is 13.8 Å². The first-order valence-electron chi connectivity index (χ1n) is 9.30. The number of benzene rings is 1. The third-order valence-corrected chi connectivity index (χ3v) is 4.91. The molecule has 0 spiro atoms. The predicted molar refractivity (Wildman–Crippen MR) is 103 cm³/mol. The van der Waals surface area contributed by atoms with E-state index in [4.69, 9.17) is 0 Å². The number of para-hydroxylation sites is 1. The number of carbonyl (C=O) groups is 1. The second-order valence-corrected chi connectivity index (χ2v) is 6.92. The van der Waals surface area contributed by atoms with E-state index in [2.05, 4.69) is 20.4 Å². The number of amides is 1. The van der Waals surface area contributed by atoms with Crippen molar-refractivity contribution in [3.8, 4) is 0 Å². The summed E-state index contributed by atoms with van der Waals surface area (Å²) in [7, 11) is 0. The lowest BCUT2D eigenvalue weighted by atomic mass is 10.0. The number of aromatic nitrogens is 4. The van der Waals surface area contributed by atoms with Crippen molar-refractivity contribution in [2.45, 2.75) is 53.1 Å². The van der Waals surface area contributed by atoms with Crippen LogP contribution in [0.25, 0.3) is 5.78 Å². The van der Waals surface area contributed by atoms with Crippen LogP contribution in [-0.4, -0.2) is 25.5 Å². The number of hydrogen-bond acceptors (Lipinski definition) is 4. The number of aryl methyl sites for hydroxylation is 4. The molecule has 0 radical (unpaired) electrons. The first-order valence-corrected chi connectivity index (χ1v) is 9.30. The second kappa shape index (κ2) is 7.81. The molecule has 9 heteroatoms. The maximum atomic E-state index is 12.9. The Morgan fingerprint density at radius 1 is 1.17 bits per heavy atom. The Bertz CT molecular complexity index is 1070. The summed E-state index contributed by atoms with van der Waals surface area (Å²) in [6, 6.07) is 5.85. The van der Waals surface area contributed by atoms with Gasteiger partial charge in [0, 0.05) is 23.5 Å².